The average Bonchev–Trinajstić information content (AvgIpc) is 2.68. The molecule has 1 heterocycles. The zero-order valence-corrected chi connectivity index (χ0v) is 17.3. The van der Waals surface area contributed by atoms with Gasteiger partial charge in [0.25, 0.3) is 0 Å². The highest BCUT2D eigenvalue weighted by Crippen LogP contribution is 2.20. The van der Waals surface area contributed by atoms with E-state index in [9.17, 15) is 8.42 Å². The molecule has 0 N–H and O–H groups in total. The van der Waals surface area contributed by atoms with Gasteiger partial charge in [-0.15, -0.1) is 0 Å². The van der Waals surface area contributed by atoms with Crippen molar-refractivity contribution in [1.29, 1.82) is 0 Å². The summed E-state index contributed by atoms with van der Waals surface area (Å²) < 4.78 is 32.5. The van der Waals surface area contributed by atoms with Crippen molar-refractivity contribution in [1.82, 2.24) is 9.21 Å². The lowest BCUT2D eigenvalue weighted by molar-refractivity contribution is -0.00000837. The third-order valence-electron chi connectivity index (χ3n) is 4.84. The van der Waals surface area contributed by atoms with E-state index in [0.717, 1.165) is 37.4 Å². The Morgan fingerprint density at radius 3 is 2.22 bits per heavy atom. The zero-order valence-electron chi connectivity index (χ0n) is 15.8. The standard InChI is InChI=1S/C20H26N2O3S.ClH/c1-3-17-7-9-20(10-8-17)26(23,24)22-13-11-21(12-14-22)16-18-5-4-6-19(15-18)25-2;/h4-10,15H,3,11-14,16H2,1-2H3;1H/p-1. The monoisotopic (exact) mass is 409 g/mol. The molecule has 1 aliphatic heterocycles. The SMILES string of the molecule is CCc1ccc(S(=O)(=O)N2CCN(Cc3cccc(OC)c3)CC2)cc1.[Cl-]. The van der Waals surface area contributed by atoms with Crippen molar-refractivity contribution in [2.24, 2.45) is 0 Å². The minimum atomic E-state index is -3.41. The fraction of sp³-hybridized carbons (Fsp3) is 0.400. The third kappa shape index (κ3) is 5.23. The molecule has 2 aromatic rings. The lowest BCUT2D eigenvalue weighted by Crippen LogP contribution is -3.00. The van der Waals surface area contributed by atoms with Crippen LogP contribution >= 0.6 is 0 Å². The molecule has 1 aliphatic rings. The highest BCUT2D eigenvalue weighted by molar-refractivity contribution is 7.89. The van der Waals surface area contributed by atoms with E-state index in [0.29, 0.717) is 18.0 Å². The molecule has 3 rings (SSSR count). The van der Waals surface area contributed by atoms with Gasteiger partial charge in [-0.2, -0.15) is 4.31 Å². The summed E-state index contributed by atoms with van der Waals surface area (Å²) in [4.78, 5) is 2.66. The van der Waals surface area contributed by atoms with Gasteiger partial charge in [0, 0.05) is 32.7 Å². The van der Waals surface area contributed by atoms with E-state index in [-0.39, 0.29) is 12.4 Å². The Bertz CT molecular complexity index is 833. The Labute approximate surface area is 168 Å². The van der Waals surface area contributed by atoms with Crippen molar-refractivity contribution in [3.63, 3.8) is 0 Å². The molecule has 0 aliphatic carbocycles. The Hall–Kier alpha value is -1.60. The van der Waals surface area contributed by atoms with Crippen LogP contribution in [0.3, 0.4) is 0 Å². The molecule has 0 unspecified atom stereocenters. The molecule has 148 valence electrons. The number of ether oxygens (including phenoxy) is 1. The van der Waals surface area contributed by atoms with Crippen molar-refractivity contribution in [3.05, 3.63) is 59.7 Å². The quantitative estimate of drug-likeness (QED) is 0.661. The van der Waals surface area contributed by atoms with Gasteiger partial charge in [-0.05, 0) is 41.8 Å². The second-order valence-corrected chi connectivity index (χ2v) is 8.47. The molecule has 27 heavy (non-hydrogen) atoms. The van der Waals surface area contributed by atoms with E-state index in [2.05, 4.69) is 17.9 Å². The molecule has 0 aromatic heterocycles. The zero-order chi connectivity index (χ0) is 18.6. The van der Waals surface area contributed by atoms with Gasteiger partial charge in [0.2, 0.25) is 10.0 Å². The fourth-order valence-corrected chi connectivity index (χ4v) is 4.63. The first-order valence-corrected chi connectivity index (χ1v) is 10.4. The van der Waals surface area contributed by atoms with Crippen molar-refractivity contribution in [3.8, 4) is 5.75 Å². The second kappa shape index (κ2) is 9.55. The number of hydrogen-bond acceptors (Lipinski definition) is 4. The highest BCUT2D eigenvalue weighted by atomic mass is 35.5. The smallest absolute Gasteiger partial charge is 0.243 e. The maximum Gasteiger partial charge on any atom is 0.243 e. The van der Waals surface area contributed by atoms with Crippen LogP contribution in [0.4, 0.5) is 0 Å². The van der Waals surface area contributed by atoms with Gasteiger partial charge in [0.05, 0.1) is 12.0 Å². The Balaban J connectivity index is 0.00000261. The molecule has 2 aromatic carbocycles. The number of rotatable bonds is 6. The van der Waals surface area contributed by atoms with Crippen LogP contribution in [0.5, 0.6) is 5.75 Å². The van der Waals surface area contributed by atoms with Crippen LogP contribution in [0, 0.1) is 0 Å². The van der Waals surface area contributed by atoms with Gasteiger partial charge in [-0.3, -0.25) is 4.90 Å². The molecule has 0 bridgehead atoms. The van der Waals surface area contributed by atoms with E-state index in [1.54, 1.807) is 23.5 Å². The van der Waals surface area contributed by atoms with Crippen LogP contribution in [0.25, 0.3) is 0 Å². The second-order valence-electron chi connectivity index (χ2n) is 6.53. The van der Waals surface area contributed by atoms with Gasteiger partial charge in [-0.1, -0.05) is 31.2 Å². The number of aryl methyl sites for hydroxylation is 1. The van der Waals surface area contributed by atoms with Gasteiger partial charge in [-0.25, -0.2) is 8.42 Å². The number of halogens is 1. The van der Waals surface area contributed by atoms with Crippen LogP contribution in [0.15, 0.2) is 53.4 Å². The summed E-state index contributed by atoms with van der Waals surface area (Å²) in [6.07, 6.45) is 0.906. The van der Waals surface area contributed by atoms with Crippen LogP contribution in [0.1, 0.15) is 18.1 Å². The van der Waals surface area contributed by atoms with E-state index >= 15 is 0 Å². The first-order valence-electron chi connectivity index (χ1n) is 8.97. The topological polar surface area (TPSA) is 49.9 Å². The third-order valence-corrected chi connectivity index (χ3v) is 6.75. The minimum Gasteiger partial charge on any atom is -1.00 e. The lowest BCUT2D eigenvalue weighted by Gasteiger charge is -2.34. The van der Waals surface area contributed by atoms with Crippen molar-refractivity contribution < 1.29 is 25.6 Å². The van der Waals surface area contributed by atoms with Gasteiger partial charge in [0.15, 0.2) is 0 Å². The molecule has 0 amide bonds. The van der Waals surface area contributed by atoms with Crippen LogP contribution < -0.4 is 17.1 Å². The highest BCUT2D eigenvalue weighted by Gasteiger charge is 2.28. The molecule has 7 heteroatoms. The summed E-state index contributed by atoms with van der Waals surface area (Å²) >= 11 is 0. The van der Waals surface area contributed by atoms with Crippen molar-refractivity contribution in [2.75, 3.05) is 33.3 Å². The number of nitrogens with zero attached hydrogens (tertiary/aromatic N) is 2. The molecule has 5 nitrogen and oxygen atoms in total. The van der Waals surface area contributed by atoms with Crippen molar-refractivity contribution in [2.45, 2.75) is 24.8 Å². The average molecular weight is 410 g/mol. The van der Waals surface area contributed by atoms with Gasteiger partial charge < -0.3 is 17.1 Å². The molecule has 1 fully saturated rings. The molecule has 0 radical (unpaired) electrons. The largest absolute Gasteiger partial charge is 1.00 e. The summed E-state index contributed by atoms with van der Waals surface area (Å²) in [5.41, 5.74) is 2.32. The maximum atomic E-state index is 12.8. The predicted molar refractivity (Wildman–Crippen MR) is 103 cm³/mol. The summed E-state index contributed by atoms with van der Waals surface area (Å²) in [7, 11) is -1.74. The Morgan fingerprint density at radius 1 is 0.963 bits per heavy atom. The number of benzene rings is 2. The summed E-state index contributed by atoms with van der Waals surface area (Å²) in [6, 6.07) is 15.2. The number of piperazine rings is 1. The molecular formula is C20H26ClN2O3S-. The first kappa shape index (κ1) is 21.7. The van der Waals surface area contributed by atoms with E-state index in [4.69, 9.17) is 4.74 Å². The molecular weight excluding hydrogens is 384 g/mol. The molecule has 1 saturated heterocycles. The number of hydrogen-bond donors (Lipinski definition) is 0. The van der Waals surface area contributed by atoms with Crippen LogP contribution in [-0.4, -0.2) is 50.9 Å². The number of sulfonamides is 1. The van der Waals surface area contributed by atoms with Gasteiger partial charge >= 0.3 is 0 Å². The fourth-order valence-electron chi connectivity index (χ4n) is 3.20. The predicted octanol–water partition coefficient (Wildman–Crippen LogP) is -0.232. The molecule has 0 saturated carbocycles. The van der Waals surface area contributed by atoms with E-state index < -0.39 is 10.0 Å². The Kier molecular flexibility index (Phi) is 7.68. The van der Waals surface area contributed by atoms with Crippen molar-refractivity contribution >= 4 is 10.0 Å². The normalized spacial score (nSPS) is 15.9. The summed E-state index contributed by atoms with van der Waals surface area (Å²) in [6.45, 7) is 5.35. The van der Waals surface area contributed by atoms with E-state index in [1.165, 1.54) is 5.56 Å². The van der Waals surface area contributed by atoms with E-state index in [1.807, 2.05) is 30.3 Å². The minimum absolute atomic E-state index is 0. The summed E-state index contributed by atoms with van der Waals surface area (Å²) in [5, 5.41) is 0. The first-order chi connectivity index (χ1) is 12.5. The molecule has 0 atom stereocenters. The van der Waals surface area contributed by atoms with Gasteiger partial charge in [0.1, 0.15) is 5.75 Å². The lowest BCUT2D eigenvalue weighted by atomic mass is 10.2. The maximum absolute atomic E-state index is 12.8. The number of methoxy groups -OCH3 is 1. The molecule has 0 spiro atoms. The van der Waals surface area contributed by atoms with Crippen LogP contribution in [0.2, 0.25) is 0 Å². The Morgan fingerprint density at radius 2 is 1.63 bits per heavy atom. The van der Waals surface area contributed by atoms with Crippen LogP contribution in [-0.2, 0) is 23.0 Å². The summed E-state index contributed by atoms with van der Waals surface area (Å²) in [5.74, 6) is 0.847.